The van der Waals surface area contributed by atoms with Crippen LogP contribution in [0.4, 0.5) is 4.79 Å². The van der Waals surface area contributed by atoms with Crippen molar-refractivity contribution in [2.24, 2.45) is 0 Å². The smallest absolute Gasteiger partial charge is 0.410 e. The summed E-state index contributed by atoms with van der Waals surface area (Å²) in [6.07, 6.45) is 0.726. The van der Waals surface area contributed by atoms with Crippen molar-refractivity contribution in [3.63, 3.8) is 0 Å². The average molecular weight is 555 g/mol. The van der Waals surface area contributed by atoms with Gasteiger partial charge in [0.2, 0.25) is 0 Å². The quantitative estimate of drug-likeness (QED) is 0.477. The van der Waals surface area contributed by atoms with Gasteiger partial charge in [0.1, 0.15) is 11.2 Å². The Bertz CT molecular complexity index is 1100. The SMILES string of the molecule is Cc1ccc(S(=O)(=O)OCC[C@@](O)(c2ccc(Br)cc2)[C@@H]2CCCN2C(=O)OC(C)(C)C)cc1. The molecule has 0 spiro atoms. The fourth-order valence-electron chi connectivity index (χ4n) is 4.12. The molecular weight excluding hydrogens is 522 g/mol. The molecule has 0 saturated carbocycles. The van der Waals surface area contributed by atoms with E-state index >= 15 is 0 Å². The lowest BCUT2D eigenvalue weighted by molar-refractivity contribution is -0.0590. The van der Waals surface area contributed by atoms with Crippen molar-refractivity contribution in [1.29, 1.82) is 0 Å². The number of carbonyl (C=O) groups excluding carboxylic acids is 1. The number of aliphatic hydroxyl groups is 1. The molecule has 0 aliphatic carbocycles. The highest BCUT2D eigenvalue weighted by atomic mass is 79.9. The maximum atomic E-state index is 12.9. The van der Waals surface area contributed by atoms with E-state index in [0.29, 0.717) is 24.9 Å². The van der Waals surface area contributed by atoms with Crippen LogP contribution in [0, 0.1) is 6.92 Å². The molecule has 1 amide bonds. The van der Waals surface area contributed by atoms with Gasteiger partial charge in [-0.25, -0.2) is 4.79 Å². The summed E-state index contributed by atoms with van der Waals surface area (Å²) in [5.41, 5.74) is -0.693. The molecule has 186 valence electrons. The van der Waals surface area contributed by atoms with Crippen LogP contribution < -0.4 is 0 Å². The van der Waals surface area contributed by atoms with Crippen LogP contribution in [0.2, 0.25) is 0 Å². The minimum Gasteiger partial charge on any atom is -0.444 e. The van der Waals surface area contributed by atoms with Gasteiger partial charge >= 0.3 is 6.09 Å². The zero-order valence-electron chi connectivity index (χ0n) is 20.0. The number of benzene rings is 2. The number of carbonyl (C=O) groups is 1. The Morgan fingerprint density at radius 3 is 2.32 bits per heavy atom. The van der Waals surface area contributed by atoms with Crippen molar-refractivity contribution in [1.82, 2.24) is 4.90 Å². The summed E-state index contributed by atoms with van der Waals surface area (Å²) in [6, 6.07) is 12.9. The normalized spacial score (nSPS) is 18.5. The van der Waals surface area contributed by atoms with E-state index in [4.69, 9.17) is 8.92 Å². The van der Waals surface area contributed by atoms with E-state index in [-0.39, 0.29) is 17.9 Å². The summed E-state index contributed by atoms with van der Waals surface area (Å²) in [7, 11) is -3.99. The van der Waals surface area contributed by atoms with E-state index < -0.39 is 33.5 Å². The van der Waals surface area contributed by atoms with Crippen LogP contribution in [0.15, 0.2) is 57.9 Å². The lowest BCUT2D eigenvalue weighted by Gasteiger charge is -2.40. The molecule has 34 heavy (non-hydrogen) atoms. The first-order valence-electron chi connectivity index (χ1n) is 11.3. The molecule has 2 atom stereocenters. The first-order chi connectivity index (χ1) is 15.8. The number of nitrogens with zero attached hydrogens (tertiary/aromatic N) is 1. The Labute approximate surface area is 210 Å². The zero-order valence-corrected chi connectivity index (χ0v) is 22.4. The number of amides is 1. The van der Waals surface area contributed by atoms with Crippen LogP contribution in [0.3, 0.4) is 0 Å². The average Bonchev–Trinajstić information content (AvgIpc) is 3.24. The van der Waals surface area contributed by atoms with Gasteiger partial charge in [0, 0.05) is 17.4 Å². The molecular formula is C25H32BrNO6S. The molecule has 1 fully saturated rings. The van der Waals surface area contributed by atoms with Crippen molar-refractivity contribution in [2.75, 3.05) is 13.2 Å². The first kappa shape index (κ1) is 26.7. The summed E-state index contributed by atoms with van der Waals surface area (Å²) >= 11 is 3.40. The van der Waals surface area contributed by atoms with Crippen LogP contribution in [0.25, 0.3) is 0 Å². The van der Waals surface area contributed by atoms with Crippen molar-refractivity contribution >= 4 is 32.1 Å². The number of rotatable bonds is 7. The van der Waals surface area contributed by atoms with Crippen LogP contribution in [0.1, 0.15) is 51.2 Å². The predicted molar refractivity (Wildman–Crippen MR) is 133 cm³/mol. The van der Waals surface area contributed by atoms with Crippen LogP contribution in [0.5, 0.6) is 0 Å². The van der Waals surface area contributed by atoms with E-state index in [1.165, 1.54) is 12.1 Å². The van der Waals surface area contributed by atoms with Crippen molar-refractivity contribution < 1.29 is 27.2 Å². The van der Waals surface area contributed by atoms with Crippen LogP contribution in [-0.4, -0.2) is 49.3 Å². The Morgan fingerprint density at radius 2 is 1.74 bits per heavy atom. The lowest BCUT2D eigenvalue weighted by Crippen LogP contribution is -2.51. The molecule has 1 saturated heterocycles. The summed E-state index contributed by atoms with van der Waals surface area (Å²) < 4.78 is 37.0. The first-order valence-corrected chi connectivity index (χ1v) is 13.5. The molecule has 1 heterocycles. The molecule has 0 aromatic heterocycles. The Kier molecular flexibility index (Phi) is 8.12. The largest absolute Gasteiger partial charge is 0.444 e. The molecule has 1 aliphatic heterocycles. The molecule has 2 aromatic rings. The Balaban J connectivity index is 1.85. The van der Waals surface area contributed by atoms with Gasteiger partial charge in [-0.05, 0) is 70.4 Å². The zero-order chi connectivity index (χ0) is 25.1. The van der Waals surface area contributed by atoms with Crippen LogP contribution in [-0.2, 0) is 24.6 Å². The number of ether oxygens (including phenoxy) is 1. The summed E-state index contributed by atoms with van der Waals surface area (Å²) in [5, 5.41) is 12.0. The van der Waals surface area contributed by atoms with E-state index in [9.17, 15) is 18.3 Å². The third-order valence-corrected chi connectivity index (χ3v) is 7.66. The molecule has 9 heteroatoms. The highest BCUT2D eigenvalue weighted by Crippen LogP contribution is 2.39. The van der Waals surface area contributed by atoms with Gasteiger partial charge in [-0.1, -0.05) is 45.8 Å². The minimum atomic E-state index is -3.99. The van der Waals surface area contributed by atoms with Gasteiger partial charge in [-0.15, -0.1) is 0 Å². The highest BCUT2D eigenvalue weighted by Gasteiger charge is 2.47. The number of hydrogen-bond donors (Lipinski definition) is 1. The van der Waals surface area contributed by atoms with Gasteiger partial charge in [-0.2, -0.15) is 8.42 Å². The number of aryl methyl sites for hydroxylation is 1. The van der Waals surface area contributed by atoms with Gasteiger partial charge in [0.15, 0.2) is 0 Å². The maximum absolute atomic E-state index is 12.9. The number of hydrogen-bond acceptors (Lipinski definition) is 6. The molecule has 1 N–H and O–H groups in total. The second-order valence-corrected chi connectivity index (χ2v) is 12.1. The van der Waals surface area contributed by atoms with Crippen molar-refractivity contribution in [2.45, 2.75) is 69.1 Å². The predicted octanol–water partition coefficient (Wildman–Crippen LogP) is 5.14. The monoisotopic (exact) mass is 553 g/mol. The molecule has 0 bridgehead atoms. The molecule has 3 rings (SSSR count). The fourth-order valence-corrected chi connectivity index (χ4v) is 5.30. The second kappa shape index (κ2) is 10.4. The van der Waals surface area contributed by atoms with Gasteiger partial charge in [0.25, 0.3) is 10.1 Å². The molecule has 0 unspecified atom stereocenters. The second-order valence-electron chi connectivity index (χ2n) is 9.60. The lowest BCUT2D eigenvalue weighted by atomic mass is 9.82. The standard InChI is InChI=1S/C25H32BrNO6S/c1-18-7-13-21(14-8-18)34(30,31)32-17-15-25(29,19-9-11-20(26)12-10-19)22-6-5-16-27(22)23(28)33-24(2,3)4/h7-14,22,29H,5-6,15-17H2,1-4H3/t22-,25+/m0/s1. The Morgan fingerprint density at radius 1 is 1.12 bits per heavy atom. The summed E-state index contributed by atoms with van der Waals surface area (Å²) in [6.45, 7) is 7.44. The molecule has 0 radical (unpaired) electrons. The third-order valence-electron chi connectivity index (χ3n) is 5.81. The van der Waals surface area contributed by atoms with E-state index in [2.05, 4.69) is 15.9 Å². The Hall–Kier alpha value is -1.94. The molecule has 1 aliphatic rings. The van der Waals surface area contributed by atoms with Gasteiger partial charge in [0.05, 0.1) is 17.5 Å². The minimum absolute atomic E-state index is 0.0241. The van der Waals surface area contributed by atoms with E-state index in [1.54, 1.807) is 62.1 Å². The molecule has 2 aromatic carbocycles. The fraction of sp³-hybridized carbons (Fsp3) is 0.480. The highest BCUT2D eigenvalue weighted by molar-refractivity contribution is 9.10. The van der Waals surface area contributed by atoms with Gasteiger partial charge < -0.3 is 14.7 Å². The number of likely N-dealkylation sites (tertiary alicyclic amines) is 1. The van der Waals surface area contributed by atoms with Crippen molar-refractivity contribution in [3.8, 4) is 0 Å². The number of halogens is 1. The van der Waals surface area contributed by atoms with E-state index in [1.807, 2.05) is 6.92 Å². The van der Waals surface area contributed by atoms with Gasteiger partial charge in [-0.3, -0.25) is 4.18 Å². The topological polar surface area (TPSA) is 93.1 Å². The molecule has 7 nitrogen and oxygen atoms in total. The summed E-state index contributed by atoms with van der Waals surface area (Å²) in [4.78, 5) is 14.5. The van der Waals surface area contributed by atoms with Crippen molar-refractivity contribution in [3.05, 3.63) is 64.1 Å². The van der Waals surface area contributed by atoms with E-state index in [0.717, 1.165) is 10.0 Å². The summed E-state index contributed by atoms with van der Waals surface area (Å²) in [5.74, 6) is 0. The maximum Gasteiger partial charge on any atom is 0.410 e. The van der Waals surface area contributed by atoms with Crippen LogP contribution >= 0.6 is 15.9 Å². The third kappa shape index (κ3) is 6.38.